The zero-order valence-corrected chi connectivity index (χ0v) is 14.8. The van der Waals surface area contributed by atoms with E-state index in [0.29, 0.717) is 21.2 Å². The molecule has 0 atom stereocenters. The average molecular weight is 390 g/mol. The van der Waals surface area contributed by atoms with Crippen molar-refractivity contribution in [3.8, 4) is 10.6 Å². The van der Waals surface area contributed by atoms with Gasteiger partial charge in [-0.2, -0.15) is 9.61 Å². The van der Waals surface area contributed by atoms with E-state index in [9.17, 15) is 4.79 Å². The van der Waals surface area contributed by atoms with Crippen molar-refractivity contribution >= 4 is 51.1 Å². The van der Waals surface area contributed by atoms with Crippen LogP contribution < -0.4 is 5.32 Å². The number of nitrogens with zero attached hydrogens (tertiary/aromatic N) is 4. The second-order valence-electron chi connectivity index (χ2n) is 5.10. The van der Waals surface area contributed by atoms with Gasteiger partial charge < -0.3 is 5.32 Å². The molecular formula is C16H9Cl2N5OS. The molecule has 1 amide bonds. The van der Waals surface area contributed by atoms with Crippen LogP contribution in [-0.2, 0) is 0 Å². The van der Waals surface area contributed by atoms with Gasteiger partial charge in [-0.3, -0.25) is 4.79 Å². The van der Waals surface area contributed by atoms with E-state index >= 15 is 0 Å². The van der Waals surface area contributed by atoms with Gasteiger partial charge in [0.1, 0.15) is 11.3 Å². The smallest absolute Gasteiger partial charge is 0.257 e. The highest BCUT2D eigenvalue weighted by Crippen LogP contribution is 2.28. The van der Waals surface area contributed by atoms with Gasteiger partial charge in [0.05, 0.1) is 15.6 Å². The van der Waals surface area contributed by atoms with E-state index in [4.69, 9.17) is 23.2 Å². The van der Waals surface area contributed by atoms with E-state index in [2.05, 4.69) is 20.6 Å². The molecule has 0 aliphatic heterocycles. The lowest BCUT2D eigenvalue weighted by molar-refractivity contribution is 0.102. The molecule has 0 saturated carbocycles. The second-order valence-corrected chi connectivity index (χ2v) is 6.84. The van der Waals surface area contributed by atoms with Crippen LogP contribution in [0.5, 0.6) is 0 Å². The fourth-order valence-corrected chi connectivity index (χ4v) is 3.49. The van der Waals surface area contributed by atoms with Crippen molar-refractivity contribution in [2.75, 3.05) is 5.32 Å². The molecule has 2 aromatic carbocycles. The Hall–Kier alpha value is -2.48. The minimum atomic E-state index is -0.331. The topological polar surface area (TPSA) is 72.2 Å². The van der Waals surface area contributed by atoms with E-state index in [0.717, 1.165) is 10.6 Å². The molecule has 0 unspecified atom stereocenters. The SMILES string of the molecule is O=C(Nc1cccc(-c2nn3cnnc3s2)c1)c1cccc(Cl)c1Cl. The molecule has 0 radical (unpaired) electrons. The molecule has 25 heavy (non-hydrogen) atoms. The molecule has 1 N–H and O–H groups in total. The third kappa shape index (κ3) is 3.09. The van der Waals surface area contributed by atoms with E-state index in [1.165, 1.54) is 11.3 Å². The summed E-state index contributed by atoms with van der Waals surface area (Å²) in [7, 11) is 0. The maximum atomic E-state index is 12.4. The van der Waals surface area contributed by atoms with Crippen LogP contribution in [0.1, 0.15) is 10.4 Å². The van der Waals surface area contributed by atoms with Gasteiger partial charge in [0.2, 0.25) is 4.96 Å². The van der Waals surface area contributed by atoms with Crippen LogP contribution in [-0.4, -0.2) is 25.7 Å². The van der Waals surface area contributed by atoms with Gasteiger partial charge in [0.25, 0.3) is 5.91 Å². The van der Waals surface area contributed by atoms with Gasteiger partial charge in [-0.15, -0.1) is 10.2 Å². The molecule has 124 valence electrons. The molecule has 0 aliphatic rings. The number of fused-ring (bicyclic) bond motifs is 1. The molecule has 2 aromatic heterocycles. The molecule has 4 rings (SSSR count). The number of hydrogen-bond donors (Lipinski definition) is 1. The Labute approximate surface area is 156 Å². The van der Waals surface area contributed by atoms with E-state index in [1.54, 1.807) is 35.1 Å². The number of aromatic nitrogens is 4. The molecule has 0 saturated heterocycles. The number of carbonyl (C=O) groups is 1. The van der Waals surface area contributed by atoms with Crippen LogP contribution in [0.2, 0.25) is 10.0 Å². The number of nitrogens with one attached hydrogen (secondary N) is 1. The lowest BCUT2D eigenvalue weighted by atomic mass is 10.2. The normalized spacial score (nSPS) is 11.0. The number of carbonyl (C=O) groups excluding carboxylic acids is 1. The van der Waals surface area contributed by atoms with Crippen molar-refractivity contribution in [2.45, 2.75) is 0 Å². The highest BCUT2D eigenvalue weighted by Gasteiger charge is 2.14. The Balaban J connectivity index is 1.62. The summed E-state index contributed by atoms with van der Waals surface area (Å²) in [4.78, 5) is 13.1. The lowest BCUT2D eigenvalue weighted by Gasteiger charge is -2.08. The number of rotatable bonds is 3. The third-order valence-electron chi connectivity index (χ3n) is 3.45. The molecule has 2 heterocycles. The minimum Gasteiger partial charge on any atom is -0.322 e. The van der Waals surface area contributed by atoms with E-state index in [1.807, 2.05) is 18.2 Å². The van der Waals surface area contributed by atoms with Crippen molar-refractivity contribution in [1.29, 1.82) is 0 Å². The van der Waals surface area contributed by atoms with E-state index in [-0.39, 0.29) is 10.9 Å². The Bertz CT molecular complexity index is 1060. The van der Waals surface area contributed by atoms with Gasteiger partial charge in [-0.25, -0.2) is 0 Å². The molecule has 0 fully saturated rings. The van der Waals surface area contributed by atoms with Crippen molar-refractivity contribution in [3.63, 3.8) is 0 Å². The number of anilines is 1. The van der Waals surface area contributed by atoms with Gasteiger partial charge in [-0.1, -0.05) is 52.7 Å². The lowest BCUT2D eigenvalue weighted by Crippen LogP contribution is -2.12. The number of amides is 1. The van der Waals surface area contributed by atoms with Crippen LogP contribution in [0.4, 0.5) is 5.69 Å². The van der Waals surface area contributed by atoms with Crippen LogP contribution >= 0.6 is 34.5 Å². The number of halogens is 2. The summed E-state index contributed by atoms with van der Waals surface area (Å²) < 4.78 is 1.61. The summed E-state index contributed by atoms with van der Waals surface area (Å²) in [5.74, 6) is -0.331. The van der Waals surface area contributed by atoms with Crippen LogP contribution in [0.3, 0.4) is 0 Å². The Morgan fingerprint density at radius 2 is 2.00 bits per heavy atom. The number of hydrogen-bond acceptors (Lipinski definition) is 5. The number of benzene rings is 2. The first-order valence-corrected chi connectivity index (χ1v) is 8.72. The van der Waals surface area contributed by atoms with Gasteiger partial charge in [0.15, 0.2) is 0 Å². The van der Waals surface area contributed by atoms with Crippen molar-refractivity contribution in [1.82, 2.24) is 19.8 Å². The van der Waals surface area contributed by atoms with Gasteiger partial charge in [0, 0.05) is 11.3 Å². The predicted molar refractivity (Wildman–Crippen MR) is 98.5 cm³/mol. The fourth-order valence-electron chi connectivity index (χ4n) is 2.28. The third-order valence-corrected chi connectivity index (χ3v) is 5.23. The van der Waals surface area contributed by atoms with Gasteiger partial charge in [-0.05, 0) is 24.3 Å². The summed E-state index contributed by atoms with van der Waals surface area (Å²) in [5.41, 5.74) is 1.81. The van der Waals surface area contributed by atoms with Crippen LogP contribution in [0, 0.1) is 0 Å². The maximum Gasteiger partial charge on any atom is 0.257 e. The fraction of sp³-hybridized carbons (Fsp3) is 0. The minimum absolute atomic E-state index is 0.228. The molecule has 9 heteroatoms. The first kappa shape index (κ1) is 16.0. The van der Waals surface area contributed by atoms with Crippen molar-refractivity contribution < 1.29 is 4.79 Å². The monoisotopic (exact) mass is 389 g/mol. The van der Waals surface area contributed by atoms with Crippen molar-refractivity contribution in [2.24, 2.45) is 0 Å². The quantitative estimate of drug-likeness (QED) is 0.563. The summed E-state index contributed by atoms with van der Waals surface area (Å²) in [5, 5.41) is 16.3. The highest BCUT2D eigenvalue weighted by atomic mass is 35.5. The summed E-state index contributed by atoms with van der Waals surface area (Å²) in [6, 6.07) is 12.3. The molecule has 0 aliphatic carbocycles. The Kier molecular flexibility index (Phi) is 4.12. The molecule has 6 nitrogen and oxygen atoms in total. The molecule has 0 bridgehead atoms. The Morgan fingerprint density at radius 1 is 1.16 bits per heavy atom. The molecule has 0 spiro atoms. The first-order valence-electron chi connectivity index (χ1n) is 7.14. The zero-order valence-electron chi connectivity index (χ0n) is 12.5. The summed E-state index contributed by atoms with van der Waals surface area (Å²) >= 11 is 13.5. The molecule has 4 aromatic rings. The van der Waals surface area contributed by atoms with Crippen LogP contribution in [0.25, 0.3) is 15.5 Å². The van der Waals surface area contributed by atoms with E-state index < -0.39 is 0 Å². The van der Waals surface area contributed by atoms with Crippen LogP contribution in [0.15, 0.2) is 48.8 Å². The second kappa shape index (κ2) is 6.44. The predicted octanol–water partition coefficient (Wildman–Crippen LogP) is 4.41. The maximum absolute atomic E-state index is 12.4. The Morgan fingerprint density at radius 3 is 2.84 bits per heavy atom. The van der Waals surface area contributed by atoms with Crippen molar-refractivity contribution in [3.05, 3.63) is 64.4 Å². The average Bonchev–Trinajstić information content (AvgIpc) is 3.19. The largest absolute Gasteiger partial charge is 0.322 e. The first-order chi connectivity index (χ1) is 12.1. The zero-order chi connectivity index (χ0) is 17.4. The summed E-state index contributed by atoms with van der Waals surface area (Å²) in [6.45, 7) is 0. The highest BCUT2D eigenvalue weighted by molar-refractivity contribution is 7.19. The molecular weight excluding hydrogens is 381 g/mol. The summed E-state index contributed by atoms with van der Waals surface area (Å²) in [6.07, 6.45) is 1.54. The van der Waals surface area contributed by atoms with Gasteiger partial charge >= 0.3 is 0 Å². The standard InChI is InChI=1S/C16H9Cl2N5OS/c17-12-6-2-5-11(13(12)18)14(24)20-10-4-1-3-9(7-10)15-22-23-8-19-21-16(23)25-15/h1-8H,(H,20,24).